The number of carbonyl (C=O) groups is 3. The summed E-state index contributed by atoms with van der Waals surface area (Å²) < 4.78 is 5.31. The molecule has 2 N–H and O–H groups in total. The predicted molar refractivity (Wildman–Crippen MR) is 120 cm³/mol. The summed E-state index contributed by atoms with van der Waals surface area (Å²) in [4.78, 5) is 41.9. The molecule has 1 aliphatic carbocycles. The van der Waals surface area contributed by atoms with Crippen molar-refractivity contribution in [3.63, 3.8) is 0 Å². The van der Waals surface area contributed by atoms with Crippen LogP contribution in [0, 0.1) is 0 Å². The van der Waals surface area contributed by atoms with Crippen LogP contribution in [0.2, 0.25) is 0 Å². The molecule has 1 aromatic heterocycles. The fourth-order valence-corrected chi connectivity index (χ4v) is 3.97. The fourth-order valence-electron chi connectivity index (χ4n) is 3.97. The topological polar surface area (TPSA) is 97.4 Å². The molecule has 164 valence electrons. The number of fused-ring (bicyclic) bond motifs is 2. The van der Waals surface area contributed by atoms with Crippen molar-refractivity contribution < 1.29 is 19.1 Å². The number of hydrogen-bond donors (Lipinski definition) is 2. The Morgan fingerprint density at radius 2 is 1.66 bits per heavy atom. The maximum atomic E-state index is 13.0. The molecule has 7 heteroatoms. The first-order valence-corrected chi connectivity index (χ1v) is 10.8. The summed E-state index contributed by atoms with van der Waals surface area (Å²) in [6.07, 6.45) is 4.68. The summed E-state index contributed by atoms with van der Waals surface area (Å²) in [7, 11) is 0. The Morgan fingerprint density at radius 3 is 2.50 bits per heavy atom. The van der Waals surface area contributed by atoms with Crippen molar-refractivity contribution >= 4 is 28.8 Å². The Hall–Kier alpha value is -3.74. The number of rotatable bonds is 5. The van der Waals surface area contributed by atoms with Gasteiger partial charge in [-0.25, -0.2) is 9.59 Å². The lowest BCUT2D eigenvalue weighted by Gasteiger charge is -2.15. The minimum absolute atomic E-state index is 0.287. The average Bonchev–Trinajstić information content (AvgIpc) is 3.05. The Kier molecular flexibility index (Phi) is 6.75. The van der Waals surface area contributed by atoms with Crippen LogP contribution in [0.25, 0.3) is 10.9 Å². The normalized spacial score (nSPS) is 13.0. The number of esters is 1. The lowest BCUT2D eigenvalue weighted by molar-refractivity contribution is -0.123. The van der Waals surface area contributed by atoms with Gasteiger partial charge in [-0.1, -0.05) is 55.0 Å². The lowest BCUT2D eigenvalue weighted by Crippen LogP contribution is -2.41. The number of hydrogen-bond acceptors (Lipinski definition) is 5. The van der Waals surface area contributed by atoms with Crippen LogP contribution in [0.1, 0.15) is 46.4 Å². The van der Waals surface area contributed by atoms with Crippen LogP contribution in [-0.4, -0.2) is 29.5 Å². The number of imide groups is 1. The number of amides is 3. The van der Waals surface area contributed by atoms with E-state index >= 15 is 0 Å². The number of aromatic nitrogens is 1. The molecule has 3 aromatic rings. The number of benzene rings is 2. The van der Waals surface area contributed by atoms with Crippen molar-refractivity contribution in [3.05, 3.63) is 77.0 Å². The van der Waals surface area contributed by atoms with Gasteiger partial charge in [-0.15, -0.1) is 0 Å². The van der Waals surface area contributed by atoms with Crippen molar-refractivity contribution in [2.24, 2.45) is 0 Å². The van der Waals surface area contributed by atoms with E-state index in [1.807, 2.05) is 54.6 Å². The highest BCUT2D eigenvalue weighted by molar-refractivity contribution is 6.06. The second kappa shape index (κ2) is 10.0. The molecule has 7 nitrogen and oxygen atoms in total. The number of nitrogens with zero attached hydrogens (tertiary/aromatic N) is 1. The first-order chi connectivity index (χ1) is 15.6. The minimum Gasteiger partial charge on any atom is -0.452 e. The van der Waals surface area contributed by atoms with Crippen molar-refractivity contribution in [2.75, 3.05) is 6.61 Å². The van der Waals surface area contributed by atoms with Crippen molar-refractivity contribution in [3.8, 4) is 0 Å². The van der Waals surface area contributed by atoms with Crippen molar-refractivity contribution in [1.82, 2.24) is 15.6 Å². The number of nitrogens with one attached hydrogen (secondary N) is 2. The SMILES string of the molecule is O=C(COC(=O)c1c2c(nc3ccccc13)CCCCC2)NC(=O)NCc1ccccc1. The van der Waals surface area contributed by atoms with E-state index in [0.29, 0.717) is 5.56 Å². The highest BCUT2D eigenvalue weighted by atomic mass is 16.5. The molecule has 0 atom stereocenters. The van der Waals surface area contributed by atoms with E-state index in [2.05, 4.69) is 10.6 Å². The zero-order valence-electron chi connectivity index (χ0n) is 17.7. The molecular weight excluding hydrogens is 406 g/mol. The van der Waals surface area contributed by atoms with Gasteiger partial charge in [-0.3, -0.25) is 15.1 Å². The highest BCUT2D eigenvalue weighted by Crippen LogP contribution is 2.29. The van der Waals surface area contributed by atoms with Crippen LogP contribution in [-0.2, 0) is 28.9 Å². The highest BCUT2D eigenvalue weighted by Gasteiger charge is 2.23. The van der Waals surface area contributed by atoms with E-state index in [9.17, 15) is 14.4 Å². The third-order valence-electron chi connectivity index (χ3n) is 5.51. The van der Waals surface area contributed by atoms with Crippen LogP contribution in [0.4, 0.5) is 4.79 Å². The van der Waals surface area contributed by atoms with Crippen LogP contribution in [0.15, 0.2) is 54.6 Å². The van der Waals surface area contributed by atoms with Crippen LogP contribution < -0.4 is 10.6 Å². The summed E-state index contributed by atoms with van der Waals surface area (Å²) in [6, 6.07) is 16.2. The van der Waals surface area contributed by atoms with Gasteiger partial charge in [0.25, 0.3) is 5.91 Å². The molecule has 0 aliphatic heterocycles. The first-order valence-electron chi connectivity index (χ1n) is 10.8. The molecular formula is C25H25N3O4. The van der Waals surface area contributed by atoms with Crippen LogP contribution in [0.3, 0.4) is 0 Å². The third-order valence-corrected chi connectivity index (χ3v) is 5.51. The number of urea groups is 1. The molecule has 1 heterocycles. The van der Waals surface area contributed by atoms with Crippen LogP contribution >= 0.6 is 0 Å². The molecule has 1 aliphatic rings. The van der Waals surface area contributed by atoms with Gasteiger partial charge in [0, 0.05) is 17.6 Å². The lowest BCUT2D eigenvalue weighted by atomic mass is 9.97. The van der Waals surface area contributed by atoms with Gasteiger partial charge >= 0.3 is 12.0 Å². The summed E-state index contributed by atoms with van der Waals surface area (Å²) in [5.74, 6) is -1.25. The predicted octanol–water partition coefficient (Wildman–Crippen LogP) is 3.69. The van der Waals surface area contributed by atoms with Gasteiger partial charge in [0.1, 0.15) is 0 Å². The monoisotopic (exact) mass is 431 g/mol. The molecule has 0 bridgehead atoms. The van der Waals surface area contributed by atoms with Gasteiger partial charge < -0.3 is 10.1 Å². The van der Waals surface area contributed by atoms with Crippen LogP contribution in [0.5, 0.6) is 0 Å². The molecule has 4 rings (SSSR count). The molecule has 0 saturated carbocycles. The largest absolute Gasteiger partial charge is 0.452 e. The number of ether oxygens (including phenoxy) is 1. The molecule has 0 radical (unpaired) electrons. The zero-order chi connectivity index (χ0) is 22.3. The quantitative estimate of drug-likeness (QED) is 0.474. The van der Waals surface area contributed by atoms with E-state index in [-0.39, 0.29) is 6.54 Å². The molecule has 0 spiro atoms. The van der Waals surface area contributed by atoms with Crippen molar-refractivity contribution in [1.29, 1.82) is 0 Å². The van der Waals surface area contributed by atoms with Gasteiger partial charge in [0.05, 0.1) is 11.1 Å². The third kappa shape index (κ3) is 5.11. The van der Waals surface area contributed by atoms with E-state index in [1.165, 1.54) is 0 Å². The van der Waals surface area contributed by atoms with E-state index < -0.39 is 24.5 Å². The Balaban J connectivity index is 1.41. The summed E-state index contributed by atoms with van der Waals surface area (Å²) in [6.45, 7) is -0.252. The van der Waals surface area contributed by atoms with Gasteiger partial charge in [0.15, 0.2) is 6.61 Å². The number of para-hydroxylation sites is 1. The maximum absolute atomic E-state index is 13.0. The molecule has 32 heavy (non-hydrogen) atoms. The minimum atomic E-state index is -0.687. The second-order valence-corrected chi connectivity index (χ2v) is 7.78. The molecule has 0 saturated heterocycles. The van der Waals surface area contributed by atoms with E-state index in [4.69, 9.17) is 9.72 Å². The molecule has 2 aromatic carbocycles. The Morgan fingerprint density at radius 1 is 0.906 bits per heavy atom. The van der Waals surface area contributed by atoms with Gasteiger partial charge in [-0.05, 0) is 42.9 Å². The van der Waals surface area contributed by atoms with Crippen molar-refractivity contribution in [2.45, 2.75) is 38.6 Å². The summed E-state index contributed by atoms with van der Waals surface area (Å²) in [5, 5.41) is 5.51. The Bertz CT molecular complexity index is 1140. The molecule has 3 amide bonds. The zero-order valence-corrected chi connectivity index (χ0v) is 17.7. The average molecular weight is 431 g/mol. The van der Waals surface area contributed by atoms with E-state index in [1.54, 1.807) is 0 Å². The molecule has 0 unspecified atom stereocenters. The van der Waals surface area contributed by atoms with Gasteiger partial charge in [0.2, 0.25) is 0 Å². The number of pyridine rings is 1. The van der Waals surface area contributed by atoms with E-state index in [0.717, 1.165) is 59.8 Å². The fraction of sp³-hybridized carbons (Fsp3) is 0.280. The first kappa shape index (κ1) is 21.5. The second-order valence-electron chi connectivity index (χ2n) is 7.78. The maximum Gasteiger partial charge on any atom is 0.339 e. The smallest absolute Gasteiger partial charge is 0.339 e. The number of carbonyl (C=O) groups excluding carboxylic acids is 3. The number of aryl methyl sites for hydroxylation is 1. The van der Waals surface area contributed by atoms with Gasteiger partial charge in [-0.2, -0.15) is 0 Å². The summed E-state index contributed by atoms with van der Waals surface area (Å²) in [5.41, 5.74) is 3.97. The summed E-state index contributed by atoms with van der Waals surface area (Å²) >= 11 is 0. The standard InChI is InChI=1S/C25H25N3O4/c29-22(28-25(31)26-15-17-9-3-1-4-10-17)16-32-24(30)23-18-11-5-2-6-13-20(18)27-21-14-8-7-12-19(21)23/h1,3-4,7-10,12,14H,2,5-6,11,13,15-16H2,(H2,26,28,29,31). The molecule has 0 fully saturated rings. The Labute approximate surface area is 186 Å².